The monoisotopic (exact) mass is 278 g/mol. The molecule has 4 heteroatoms. The topological polar surface area (TPSA) is 32.3 Å². The maximum absolute atomic E-state index is 13.0. The van der Waals surface area contributed by atoms with Crippen LogP contribution in [-0.2, 0) is 6.42 Å². The lowest BCUT2D eigenvalue weighted by Crippen LogP contribution is -2.45. The summed E-state index contributed by atoms with van der Waals surface area (Å²) in [5.74, 6) is 0.381. The van der Waals surface area contributed by atoms with Gasteiger partial charge < -0.3 is 10.2 Å². The number of hydrogen-bond donors (Lipinski definition) is 1. The molecule has 1 atom stereocenters. The third-order valence-corrected chi connectivity index (χ3v) is 3.92. The average Bonchev–Trinajstić information content (AvgIpc) is 2.41. The lowest BCUT2D eigenvalue weighted by Gasteiger charge is -2.31. The Hall–Kier alpha value is -1.58. The second-order valence-corrected chi connectivity index (χ2v) is 5.75. The normalized spacial score (nSPS) is 18.9. The number of nitrogens with zero attached hydrogens (tertiary/aromatic N) is 1. The van der Waals surface area contributed by atoms with Crippen molar-refractivity contribution in [1.82, 2.24) is 10.2 Å². The smallest absolute Gasteiger partial charge is 0.317 e. The van der Waals surface area contributed by atoms with Gasteiger partial charge in [0.05, 0.1) is 0 Å². The van der Waals surface area contributed by atoms with Crippen molar-refractivity contribution in [3.63, 3.8) is 0 Å². The highest BCUT2D eigenvalue weighted by molar-refractivity contribution is 5.74. The van der Waals surface area contributed by atoms with Crippen LogP contribution in [0.15, 0.2) is 18.2 Å². The van der Waals surface area contributed by atoms with Crippen LogP contribution in [0.3, 0.4) is 0 Å². The standard InChI is InChI=1S/C16H23FN2O/c1-12-4-3-9-19(11-12)16(20)18-8-7-14-5-6-15(17)10-13(14)2/h5-6,10,12H,3-4,7-9,11H2,1-2H3,(H,18,20). The molecule has 2 rings (SSSR count). The van der Waals surface area contributed by atoms with Gasteiger partial charge in [0.2, 0.25) is 0 Å². The highest BCUT2D eigenvalue weighted by Gasteiger charge is 2.20. The minimum Gasteiger partial charge on any atom is -0.338 e. The van der Waals surface area contributed by atoms with Gasteiger partial charge in [-0.25, -0.2) is 9.18 Å². The fourth-order valence-corrected chi connectivity index (χ4v) is 2.73. The summed E-state index contributed by atoms with van der Waals surface area (Å²) in [6.07, 6.45) is 3.03. The molecule has 0 aliphatic carbocycles. The number of likely N-dealkylation sites (tertiary alicyclic amines) is 1. The van der Waals surface area contributed by atoms with Crippen molar-refractivity contribution in [2.24, 2.45) is 5.92 Å². The van der Waals surface area contributed by atoms with Crippen molar-refractivity contribution in [3.05, 3.63) is 35.1 Å². The number of aryl methyl sites for hydroxylation is 1. The number of amides is 2. The summed E-state index contributed by atoms with van der Waals surface area (Å²) in [6, 6.07) is 4.82. The van der Waals surface area contributed by atoms with E-state index in [-0.39, 0.29) is 11.8 Å². The molecular weight excluding hydrogens is 255 g/mol. The Kier molecular flexibility index (Phi) is 4.99. The number of urea groups is 1. The third kappa shape index (κ3) is 3.95. The lowest BCUT2D eigenvalue weighted by atomic mass is 10.0. The van der Waals surface area contributed by atoms with Gasteiger partial charge in [-0.05, 0) is 55.4 Å². The van der Waals surface area contributed by atoms with Crippen molar-refractivity contribution in [2.75, 3.05) is 19.6 Å². The first-order valence-corrected chi connectivity index (χ1v) is 7.34. The number of hydrogen-bond acceptors (Lipinski definition) is 1. The Balaban J connectivity index is 1.79. The summed E-state index contributed by atoms with van der Waals surface area (Å²) in [7, 11) is 0. The van der Waals surface area contributed by atoms with Crippen molar-refractivity contribution in [1.29, 1.82) is 0 Å². The van der Waals surface area contributed by atoms with E-state index in [1.807, 2.05) is 11.8 Å². The highest BCUT2D eigenvalue weighted by Crippen LogP contribution is 2.15. The zero-order valence-corrected chi connectivity index (χ0v) is 12.3. The summed E-state index contributed by atoms with van der Waals surface area (Å²) >= 11 is 0. The number of nitrogens with one attached hydrogen (secondary N) is 1. The maximum Gasteiger partial charge on any atom is 0.317 e. The van der Waals surface area contributed by atoms with Crippen molar-refractivity contribution >= 4 is 6.03 Å². The van der Waals surface area contributed by atoms with E-state index in [2.05, 4.69) is 12.2 Å². The number of rotatable bonds is 3. The van der Waals surface area contributed by atoms with Crippen LogP contribution in [0.1, 0.15) is 30.9 Å². The summed E-state index contributed by atoms with van der Waals surface area (Å²) in [6.45, 7) is 6.37. The Bertz CT molecular complexity index is 476. The Morgan fingerprint density at radius 1 is 1.50 bits per heavy atom. The average molecular weight is 278 g/mol. The van der Waals surface area contributed by atoms with Gasteiger partial charge in [0.1, 0.15) is 5.82 Å². The SMILES string of the molecule is Cc1cc(F)ccc1CCNC(=O)N1CCCC(C)C1. The second-order valence-electron chi connectivity index (χ2n) is 5.75. The highest BCUT2D eigenvalue weighted by atomic mass is 19.1. The summed E-state index contributed by atoms with van der Waals surface area (Å²) in [5, 5.41) is 2.96. The van der Waals surface area contributed by atoms with Crippen LogP contribution in [-0.4, -0.2) is 30.6 Å². The van der Waals surface area contributed by atoms with Crippen LogP contribution >= 0.6 is 0 Å². The molecule has 0 spiro atoms. The molecule has 0 bridgehead atoms. The van der Waals surface area contributed by atoms with Gasteiger partial charge in [-0.15, -0.1) is 0 Å². The third-order valence-electron chi connectivity index (χ3n) is 3.92. The van der Waals surface area contributed by atoms with Crippen LogP contribution in [0.5, 0.6) is 0 Å². The van der Waals surface area contributed by atoms with Gasteiger partial charge in [-0.2, -0.15) is 0 Å². The number of carbonyl (C=O) groups is 1. The van der Waals surface area contributed by atoms with E-state index in [0.29, 0.717) is 12.5 Å². The van der Waals surface area contributed by atoms with Gasteiger partial charge in [0, 0.05) is 19.6 Å². The molecule has 3 nitrogen and oxygen atoms in total. The molecule has 0 aromatic heterocycles. The predicted octanol–water partition coefficient (Wildman–Crippen LogP) is 3.12. The largest absolute Gasteiger partial charge is 0.338 e. The molecule has 1 heterocycles. The van der Waals surface area contributed by atoms with Crippen LogP contribution in [0.25, 0.3) is 0 Å². The van der Waals surface area contributed by atoms with Gasteiger partial charge in [0.25, 0.3) is 0 Å². The van der Waals surface area contributed by atoms with Gasteiger partial charge in [-0.1, -0.05) is 13.0 Å². The minimum atomic E-state index is -0.211. The van der Waals surface area contributed by atoms with Crippen LogP contribution in [0.4, 0.5) is 9.18 Å². The van der Waals surface area contributed by atoms with E-state index in [4.69, 9.17) is 0 Å². The maximum atomic E-state index is 13.0. The molecule has 1 unspecified atom stereocenters. The lowest BCUT2D eigenvalue weighted by molar-refractivity contribution is 0.170. The van der Waals surface area contributed by atoms with Gasteiger partial charge in [-0.3, -0.25) is 0 Å². The van der Waals surface area contributed by atoms with E-state index in [0.717, 1.165) is 37.1 Å². The number of carbonyl (C=O) groups excluding carboxylic acids is 1. The van der Waals surface area contributed by atoms with E-state index in [1.165, 1.54) is 18.6 Å². The molecule has 0 saturated carbocycles. The van der Waals surface area contributed by atoms with Crippen LogP contribution in [0.2, 0.25) is 0 Å². The molecule has 1 aromatic rings. The first kappa shape index (κ1) is 14.8. The van der Waals surface area contributed by atoms with Crippen molar-refractivity contribution in [3.8, 4) is 0 Å². The van der Waals surface area contributed by atoms with Crippen molar-refractivity contribution < 1.29 is 9.18 Å². The molecule has 20 heavy (non-hydrogen) atoms. The number of benzene rings is 1. The molecule has 2 amide bonds. The van der Waals surface area contributed by atoms with E-state index < -0.39 is 0 Å². The first-order chi connectivity index (χ1) is 9.56. The molecule has 1 fully saturated rings. The molecule has 1 aromatic carbocycles. The molecule has 1 aliphatic rings. The number of piperidine rings is 1. The quantitative estimate of drug-likeness (QED) is 0.905. The van der Waals surface area contributed by atoms with E-state index in [1.54, 1.807) is 6.07 Å². The molecular formula is C16H23FN2O. The molecule has 1 saturated heterocycles. The second kappa shape index (κ2) is 6.73. The Labute approximate surface area is 120 Å². The fourth-order valence-electron chi connectivity index (χ4n) is 2.73. The van der Waals surface area contributed by atoms with Crippen LogP contribution in [0, 0.1) is 18.7 Å². The summed E-state index contributed by atoms with van der Waals surface area (Å²) in [5.41, 5.74) is 2.02. The van der Waals surface area contributed by atoms with E-state index >= 15 is 0 Å². The molecule has 0 radical (unpaired) electrons. The Morgan fingerprint density at radius 2 is 2.30 bits per heavy atom. The Morgan fingerprint density at radius 3 is 3.00 bits per heavy atom. The van der Waals surface area contributed by atoms with E-state index in [9.17, 15) is 9.18 Å². The molecule has 1 aliphatic heterocycles. The minimum absolute atomic E-state index is 0.0244. The van der Waals surface area contributed by atoms with Crippen LogP contribution < -0.4 is 5.32 Å². The first-order valence-electron chi connectivity index (χ1n) is 7.34. The van der Waals surface area contributed by atoms with Crippen molar-refractivity contribution in [2.45, 2.75) is 33.1 Å². The summed E-state index contributed by atoms with van der Waals surface area (Å²) < 4.78 is 13.0. The van der Waals surface area contributed by atoms with Gasteiger partial charge >= 0.3 is 6.03 Å². The zero-order valence-electron chi connectivity index (χ0n) is 12.3. The predicted molar refractivity (Wildman–Crippen MR) is 78.2 cm³/mol. The van der Waals surface area contributed by atoms with Gasteiger partial charge in [0.15, 0.2) is 0 Å². The number of halogens is 1. The molecule has 110 valence electrons. The summed E-state index contributed by atoms with van der Waals surface area (Å²) in [4.78, 5) is 13.9. The fraction of sp³-hybridized carbons (Fsp3) is 0.562. The zero-order chi connectivity index (χ0) is 14.5. The molecule has 1 N–H and O–H groups in total.